The molecule has 4 heteroatoms. The Morgan fingerprint density at radius 2 is 2.05 bits per heavy atom. The molecule has 1 aliphatic carbocycles. The molecule has 0 spiro atoms. The van der Waals surface area contributed by atoms with Crippen LogP contribution in [-0.4, -0.2) is 29.4 Å². The van der Waals surface area contributed by atoms with Crippen LogP contribution in [0.15, 0.2) is 24.3 Å². The minimum atomic E-state index is 0.137. The van der Waals surface area contributed by atoms with Gasteiger partial charge in [-0.25, -0.2) is 0 Å². The normalized spacial score (nSPS) is 16.0. The van der Waals surface area contributed by atoms with E-state index in [1.54, 1.807) is 0 Å². The first-order valence-electron chi connectivity index (χ1n) is 7.96. The zero-order valence-corrected chi connectivity index (χ0v) is 13.1. The standard InChI is InChI=1S/C17H27N3O/c1-3-4-13(2)19-17(21)12-20(16-9-10-16)11-14-5-7-15(18)8-6-14/h5-8,13,16H,3-4,9-12,18H2,1-2H3,(H,19,21). The summed E-state index contributed by atoms with van der Waals surface area (Å²) in [4.78, 5) is 14.4. The molecule has 116 valence electrons. The molecule has 0 radical (unpaired) electrons. The molecule has 2 rings (SSSR count). The third-order valence-electron chi connectivity index (χ3n) is 3.90. The van der Waals surface area contributed by atoms with Gasteiger partial charge in [-0.2, -0.15) is 0 Å². The fourth-order valence-electron chi connectivity index (χ4n) is 2.62. The van der Waals surface area contributed by atoms with Crippen molar-refractivity contribution in [3.05, 3.63) is 29.8 Å². The number of amides is 1. The van der Waals surface area contributed by atoms with Crippen LogP contribution < -0.4 is 11.1 Å². The molecule has 0 bridgehead atoms. The minimum Gasteiger partial charge on any atom is -0.399 e. The number of nitrogens with one attached hydrogen (secondary N) is 1. The molecule has 1 amide bonds. The lowest BCUT2D eigenvalue weighted by Crippen LogP contribution is -2.41. The van der Waals surface area contributed by atoms with E-state index in [2.05, 4.69) is 24.1 Å². The number of nitrogens with two attached hydrogens (primary N) is 1. The lowest BCUT2D eigenvalue weighted by atomic mass is 10.2. The van der Waals surface area contributed by atoms with Gasteiger partial charge in [0.2, 0.25) is 5.91 Å². The van der Waals surface area contributed by atoms with Crippen LogP contribution in [0.3, 0.4) is 0 Å². The Labute approximate surface area is 127 Å². The smallest absolute Gasteiger partial charge is 0.234 e. The topological polar surface area (TPSA) is 58.4 Å². The maximum Gasteiger partial charge on any atom is 0.234 e. The van der Waals surface area contributed by atoms with E-state index < -0.39 is 0 Å². The highest BCUT2D eigenvalue weighted by Gasteiger charge is 2.30. The highest BCUT2D eigenvalue weighted by Crippen LogP contribution is 2.28. The Morgan fingerprint density at radius 1 is 1.38 bits per heavy atom. The van der Waals surface area contributed by atoms with Gasteiger partial charge in [-0.3, -0.25) is 9.69 Å². The Kier molecular flexibility index (Phi) is 5.62. The second-order valence-corrected chi connectivity index (χ2v) is 6.13. The third-order valence-corrected chi connectivity index (χ3v) is 3.90. The molecule has 1 aliphatic rings. The minimum absolute atomic E-state index is 0.137. The van der Waals surface area contributed by atoms with Gasteiger partial charge in [0.15, 0.2) is 0 Å². The van der Waals surface area contributed by atoms with E-state index in [1.807, 2.05) is 24.3 Å². The predicted molar refractivity (Wildman–Crippen MR) is 86.8 cm³/mol. The summed E-state index contributed by atoms with van der Waals surface area (Å²) in [5, 5.41) is 3.09. The SMILES string of the molecule is CCCC(C)NC(=O)CN(Cc1ccc(N)cc1)C1CC1. The first-order valence-corrected chi connectivity index (χ1v) is 7.96. The van der Waals surface area contributed by atoms with Crippen molar-refractivity contribution in [2.75, 3.05) is 12.3 Å². The molecule has 0 aliphatic heterocycles. The molecular weight excluding hydrogens is 262 g/mol. The zero-order valence-electron chi connectivity index (χ0n) is 13.1. The monoisotopic (exact) mass is 289 g/mol. The third kappa shape index (κ3) is 5.38. The van der Waals surface area contributed by atoms with Crippen molar-refractivity contribution >= 4 is 11.6 Å². The molecule has 1 aromatic carbocycles. The highest BCUT2D eigenvalue weighted by molar-refractivity contribution is 5.78. The van der Waals surface area contributed by atoms with Crippen LogP contribution in [0.25, 0.3) is 0 Å². The summed E-state index contributed by atoms with van der Waals surface area (Å²) in [6.45, 7) is 5.52. The predicted octanol–water partition coefficient (Wildman–Crippen LogP) is 2.54. The molecule has 4 nitrogen and oxygen atoms in total. The van der Waals surface area contributed by atoms with Crippen molar-refractivity contribution in [1.29, 1.82) is 0 Å². The van der Waals surface area contributed by atoms with E-state index in [-0.39, 0.29) is 11.9 Å². The molecule has 1 unspecified atom stereocenters. The number of hydrogen-bond acceptors (Lipinski definition) is 3. The fraction of sp³-hybridized carbons (Fsp3) is 0.588. The van der Waals surface area contributed by atoms with Crippen LogP contribution >= 0.6 is 0 Å². The molecule has 1 atom stereocenters. The molecule has 3 N–H and O–H groups in total. The second-order valence-electron chi connectivity index (χ2n) is 6.13. The van der Waals surface area contributed by atoms with Crippen molar-refractivity contribution in [3.8, 4) is 0 Å². The molecule has 1 aromatic rings. The quantitative estimate of drug-likeness (QED) is 0.723. The first kappa shape index (κ1) is 15.8. The van der Waals surface area contributed by atoms with Gasteiger partial charge >= 0.3 is 0 Å². The largest absolute Gasteiger partial charge is 0.399 e. The molecular formula is C17H27N3O. The maximum absolute atomic E-state index is 12.1. The number of hydrogen-bond donors (Lipinski definition) is 2. The van der Waals surface area contributed by atoms with Gasteiger partial charge in [0.25, 0.3) is 0 Å². The van der Waals surface area contributed by atoms with Gasteiger partial charge in [-0.05, 0) is 43.9 Å². The van der Waals surface area contributed by atoms with E-state index in [0.717, 1.165) is 25.1 Å². The summed E-state index contributed by atoms with van der Waals surface area (Å²) in [5.41, 5.74) is 7.71. The molecule has 0 saturated heterocycles. The van der Waals surface area contributed by atoms with Gasteiger partial charge in [0.05, 0.1) is 6.54 Å². The van der Waals surface area contributed by atoms with E-state index in [0.29, 0.717) is 12.6 Å². The Bertz CT molecular complexity index is 454. The second kappa shape index (κ2) is 7.46. The average Bonchev–Trinajstić information content (AvgIpc) is 3.25. The Morgan fingerprint density at radius 3 is 2.62 bits per heavy atom. The zero-order chi connectivity index (χ0) is 15.2. The van der Waals surface area contributed by atoms with Crippen molar-refractivity contribution in [1.82, 2.24) is 10.2 Å². The number of carbonyl (C=O) groups is 1. The molecule has 21 heavy (non-hydrogen) atoms. The maximum atomic E-state index is 12.1. The summed E-state index contributed by atoms with van der Waals surface area (Å²) >= 11 is 0. The van der Waals surface area contributed by atoms with Crippen molar-refractivity contribution in [2.45, 2.75) is 58.2 Å². The van der Waals surface area contributed by atoms with Crippen LogP contribution in [0.1, 0.15) is 45.1 Å². The van der Waals surface area contributed by atoms with E-state index >= 15 is 0 Å². The van der Waals surface area contributed by atoms with Crippen LogP contribution in [0.4, 0.5) is 5.69 Å². The van der Waals surface area contributed by atoms with Crippen LogP contribution in [0.2, 0.25) is 0 Å². The highest BCUT2D eigenvalue weighted by atomic mass is 16.2. The number of anilines is 1. The lowest BCUT2D eigenvalue weighted by Gasteiger charge is -2.23. The number of nitrogens with zero attached hydrogens (tertiary/aromatic N) is 1. The Hall–Kier alpha value is -1.55. The van der Waals surface area contributed by atoms with Gasteiger partial charge in [0.1, 0.15) is 0 Å². The summed E-state index contributed by atoms with van der Waals surface area (Å²) in [5.74, 6) is 0.137. The number of benzene rings is 1. The van der Waals surface area contributed by atoms with Crippen LogP contribution in [0.5, 0.6) is 0 Å². The van der Waals surface area contributed by atoms with E-state index in [1.165, 1.54) is 18.4 Å². The van der Waals surface area contributed by atoms with Crippen molar-refractivity contribution in [2.24, 2.45) is 0 Å². The summed E-state index contributed by atoms with van der Waals surface area (Å²) < 4.78 is 0. The molecule has 1 fully saturated rings. The Balaban J connectivity index is 1.87. The van der Waals surface area contributed by atoms with Gasteiger partial charge in [0, 0.05) is 24.3 Å². The molecule has 0 heterocycles. The number of carbonyl (C=O) groups excluding carboxylic acids is 1. The summed E-state index contributed by atoms with van der Waals surface area (Å²) in [7, 11) is 0. The first-order chi connectivity index (χ1) is 10.1. The average molecular weight is 289 g/mol. The number of nitrogen functional groups attached to an aromatic ring is 1. The van der Waals surface area contributed by atoms with Gasteiger partial charge in [-0.1, -0.05) is 25.5 Å². The van der Waals surface area contributed by atoms with Crippen molar-refractivity contribution < 1.29 is 4.79 Å². The van der Waals surface area contributed by atoms with E-state index in [4.69, 9.17) is 5.73 Å². The van der Waals surface area contributed by atoms with Crippen LogP contribution in [-0.2, 0) is 11.3 Å². The van der Waals surface area contributed by atoms with E-state index in [9.17, 15) is 4.79 Å². The lowest BCUT2D eigenvalue weighted by molar-refractivity contribution is -0.123. The van der Waals surface area contributed by atoms with Crippen LogP contribution in [0, 0.1) is 0 Å². The molecule has 0 aromatic heterocycles. The number of rotatable bonds is 8. The van der Waals surface area contributed by atoms with Gasteiger partial charge < -0.3 is 11.1 Å². The summed E-state index contributed by atoms with van der Waals surface area (Å²) in [6, 6.07) is 8.76. The van der Waals surface area contributed by atoms with Gasteiger partial charge in [-0.15, -0.1) is 0 Å². The fourth-order valence-corrected chi connectivity index (χ4v) is 2.62. The summed E-state index contributed by atoms with van der Waals surface area (Å²) in [6.07, 6.45) is 4.53. The molecule has 1 saturated carbocycles. The van der Waals surface area contributed by atoms with Crippen molar-refractivity contribution in [3.63, 3.8) is 0 Å².